The summed E-state index contributed by atoms with van der Waals surface area (Å²) < 4.78 is 0. The maximum absolute atomic E-state index is 10.1. The molecule has 0 atom stereocenters. The number of aliphatic hydroxyl groups is 1. The molecule has 1 heterocycles. The summed E-state index contributed by atoms with van der Waals surface area (Å²) in [6.45, 7) is 12.7. The molecular weight excluding hydrogens is 394 g/mol. The fourth-order valence-electron chi connectivity index (χ4n) is 4.84. The maximum atomic E-state index is 10.1. The van der Waals surface area contributed by atoms with Crippen molar-refractivity contribution < 1.29 is 24.9 Å². The van der Waals surface area contributed by atoms with E-state index in [1.54, 1.807) is 0 Å². The van der Waals surface area contributed by atoms with E-state index in [4.69, 9.17) is 10.2 Å². The standard InChI is InChI=1S/C21H43NO.C4H6O4/c1-6-7-8-9-10-11-12-13-14-15-16-22-20(2,3)17-19(23)18-21(22,4)5;5-3(6)1-2-4(7)8/h19,23H,6-18H2,1-5H3;1-2H2,(H,5,6)(H,7,8). The zero-order valence-corrected chi connectivity index (χ0v) is 20.8. The van der Waals surface area contributed by atoms with Crippen LogP contribution in [0.5, 0.6) is 0 Å². The Kier molecular flexibility index (Phi) is 15.1. The van der Waals surface area contributed by atoms with Crippen LogP contribution < -0.4 is 0 Å². The van der Waals surface area contributed by atoms with Gasteiger partial charge in [0.1, 0.15) is 0 Å². The van der Waals surface area contributed by atoms with Crippen LogP contribution in [-0.2, 0) is 9.59 Å². The second-order valence-corrected chi connectivity index (χ2v) is 10.3. The third-order valence-electron chi connectivity index (χ3n) is 6.22. The van der Waals surface area contributed by atoms with Gasteiger partial charge < -0.3 is 15.3 Å². The molecule has 0 aromatic rings. The number of nitrogens with zero attached hydrogens (tertiary/aromatic N) is 1. The molecule has 0 aliphatic carbocycles. The topological polar surface area (TPSA) is 98.1 Å². The average Bonchev–Trinajstić information content (AvgIpc) is 2.62. The van der Waals surface area contributed by atoms with Gasteiger partial charge in [0.25, 0.3) is 0 Å². The fourth-order valence-corrected chi connectivity index (χ4v) is 4.84. The highest BCUT2D eigenvalue weighted by Crippen LogP contribution is 2.38. The molecule has 31 heavy (non-hydrogen) atoms. The Morgan fingerprint density at radius 2 is 1.10 bits per heavy atom. The first kappa shape index (κ1) is 29.9. The Bertz CT molecular complexity index is 472. The summed E-state index contributed by atoms with van der Waals surface area (Å²) in [5.74, 6) is -2.15. The molecule has 0 radical (unpaired) electrons. The Hall–Kier alpha value is -1.14. The van der Waals surface area contributed by atoms with Crippen LogP contribution in [0.1, 0.15) is 125 Å². The van der Waals surface area contributed by atoms with Gasteiger partial charge in [0.2, 0.25) is 0 Å². The largest absolute Gasteiger partial charge is 0.481 e. The van der Waals surface area contributed by atoms with Crippen molar-refractivity contribution >= 4 is 11.9 Å². The number of unbranched alkanes of at least 4 members (excludes halogenated alkanes) is 9. The van der Waals surface area contributed by atoms with Crippen LogP contribution in [0.2, 0.25) is 0 Å². The molecule has 1 rings (SSSR count). The molecule has 0 bridgehead atoms. The molecule has 6 heteroatoms. The average molecular weight is 444 g/mol. The van der Waals surface area contributed by atoms with E-state index < -0.39 is 11.9 Å². The molecule has 6 nitrogen and oxygen atoms in total. The maximum Gasteiger partial charge on any atom is 0.303 e. The van der Waals surface area contributed by atoms with Crippen LogP contribution in [0.25, 0.3) is 0 Å². The number of likely N-dealkylation sites (tertiary alicyclic amines) is 1. The summed E-state index contributed by atoms with van der Waals surface area (Å²) in [6.07, 6.45) is 15.1. The van der Waals surface area contributed by atoms with E-state index in [1.807, 2.05) is 0 Å². The summed E-state index contributed by atoms with van der Waals surface area (Å²) in [7, 11) is 0. The Balaban J connectivity index is 0.000000954. The summed E-state index contributed by atoms with van der Waals surface area (Å²) in [6, 6.07) is 0. The van der Waals surface area contributed by atoms with Crippen molar-refractivity contribution in [3.63, 3.8) is 0 Å². The van der Waals surface area contributed by atoms with Crippen LogP contribution >= 0.6 is 0 Å². The lowest BCUT2D eigenvalue weighted by Crippen LogP contribution is -2.61. The lowest BCUT2D eigenvalue weighted by Gasteiger charge is -2.54. The van der Waals surface area contributed by atoms with Gasteiger partial charge in [0.15, 0.2) is 0 Å². The number of carboxylic acid groups (broad SMARTS) is 2. The smallest absolute Gasteiger partial charge is 0.303 e. The van der Waals surface area contributed by atoms with Crippen LogP contribution in [0.3, 0.4) is 0 Å². The molecule has 1 aliphatic rings. The highest BCUT2D eigenvalue weighted by molar-refractivity contribution is 5.75. The zero-order valence-electron chi connectivity index (χ0n) is 20.8. The number of carbonyl (C=O) groups is 2. The number of aliphatic carboxylic acids is 2. The van der Waals surface area contributed by atoms with Crippen molar-refractivity contribution in [1.29, 1.82) is 0 Å². The zero-order chi connectivity index (χ0) is 23.9. The summed E-state index contributed by atoms with van der Waals surface area (Å²) in [4.78, 5) is 21.9. The van der Waals surface area contributed by atoms with Crippen molar-refractivity contribution in [2.45, 2.75) is 142 Å². The Labute approximate surface area is 190 Å². The first-order valence-corrected chi connectivity index (χ1v) is 12.3. The predicted octanol–water partition coefficient (Wildman–Crippen LogP) is 5.86. The Morgan fingerprint density at radius 3 is 1.45 bits per heavy atom. The fraction of sp³-hybridized carbons (Fsp3) is 0.920. The summed E-state index contributed by atoms with van der Waals surface area (Å²) in [5.41, 5.74) is 0.251. The minimum absolute atomic E-state index is 0.125. The van der Waals surface area contributed by atoms with Crippen molar-refractivity contribution in [3.05, 3.63) is 0 Å². The molecule has 0 spiro atoms. The van der Waals surface area contributed by atoms with Crippen molar-refractivity contribution in [2.24, 2.45) is 0 Å². The van der Waals surface area contributed by atoms with Gasteiger partial charge in [0.05, 0.1) is 18.9 Å². The number of piperidine rings is 1. The minimum atomic E-state index is -1.08. The third-order valence-corrected chi connectivity index (χ3v) is 6.22. The molecular formula is C25H49NO5. The SMILES string of the molecule is CCCCCCCCCCCCN1C(C)(C)CC(O)CC1(C)C.O=C(O)CCC(=O)O. The molecule has 184 valence electrons. The minimum Gasteiger partial charge on any atom is -0.481 e. The number of hydrogen-bond acceptors (Lipinski definition) is 4. The van der Waals surface area contributed by atoms with Crippen LogP contribution in [-0.4, -0.2) is 55.9 Å². The molecule has 1 fully saturated rings. The van der Waals surface area contributed by atoms with Gasteiger partial charge in [0, 0.05) is 11.1 Å². The van der Waals surface area contributed by atoms with E-state index in [1.165, 1.54) is 70.8 Å². The van der Waals surface area contributed by atoms with Crippen molar-refractivity contribution in [2.75, 3.05) is 6.54 Å². The van der Waals surface area contributed by atoms with Gasteiger partial charge in [-0.15, -0.1) is 0 Å². The van der Waals surface area contributed by atoms with E-state index in [9.17, 15) is 14.7 Å². The van der Waals surface area contributed by atoms with Gasteiger partial charge in [-0.05, 0) is 53.5 Å². The molecule has 0 unspecified atom stereocenters. The van der Waals surface area contributed by atoms with Gasteiger partial charge in [-0.3, -0.25) is 14.5 Å². The predicted molar refractivity (Wildman–Crippen MR) is 126 cm³/mol. The van der Waals surface area contributed by atoms with Gasteiger partial charge in [-0.25, -0.2) is 0 Å². The number of aliphatic hydroxyl groups excluding tert-OH is 1. The molecule has 0 aromatic heterocycles. The molecule has 1 aliphatic heterocycles. The number of carboxylic acids is 2. The highest BCUT2D eigenvalue weighted by atomic mass is 16.4. The van der Waals surface area contributed by atoms with E-state index in [2.05, 4.69) is 39.5 Å². The second-order valence-electron chi connectivity index (χ2n) is 10.3. The van der Waals surface area contributed by atoms with E-state index in [0.717, 1.165) is 12.8 Å². The van der Waals surface area contributed by atoms with Crippen molar-refractivity contribution in [1.82, 2.24) is 4.90 Å². The summed E-state index contributed by atoms with van der Waals surface area (Å²) >= 11 is 0. The van der Waals surface area contributed by atoms with Gasteiger partial charge >= 0.3 is 11.9 Å². The second kappa shape index (κ2) is 15.6. The third kappa shape index (κ3) is 14.5. The lowest BCUT2D eigenvalue weighted by molar-refractivity contribution is -0.143. The van der Waals surface area contributed by atoms with E-state index in [0.29, 0.717) is 0 Å². The Morgan fingerprint density at radius 1 is 0.742 bits per heavy atom. The monoisotopic (exact) mass is 443 g/mol. The van der Waals surface area contributed by atoms with Crippen LogP contribution in [0.4, 0.5) is 0 Å². The van der Waals surface area contributed by atoms with Crippen LogP contribution in [0.15, 0.2) is 0 Å². The van der Waals surface area contributed by atoms with Gasteiger partial charge in [-0.2, -0.15) is 0 Å². The number of hydrogen-bond donors (Lipinski definition) is 3. The lowest BCUT2D eigenvalue weighted by atomic mass is 9.78. The summed E-state index contributed by atoms with van der Waals surface area (Å²) in [5, 5.41) is 25.9. The van der Waals surface area contributed by atoms with Gasteiger partial charge in [-0.1, -0.05) is 64.7 Å². The van der Waals surface area contributed by atoms with E-state index >= 15 is 0 Å². The molecule has 0 amide bonds. The number of rotatable bonds is 14. The molecule has 0 aromatic carbocycles. The first-order valence-electron chi connectivity index (χ1n) is 12.3. The normalized spacial score (nSPS) is 18.3. The first-order chi connectivity index (χ1) is 14.4. The highest BCUT2D eigenvalue weighted by Gasteiger charge is 2.44. The van der Waals surface area contributed by atoms with Crippen molar-refractivity contribution in [3.8, 4) is 0 Å². The quantitative estimate of drug-likeness (QED) is 0.291. The molecule has 0 saturated carbocycles. The van der Waals surface area contributed by atoms with Crippen LogP contribution in [0, 0.1) is 0 Å². The molecule has 3 N–H and O–H groups in total. The van der Waals surface area contributed by atoms with E-state index in [-0.39, 0.29) is 30.0 Å². The molecule has 1 saturated heterocycles.